The molecule has 1 heterocycles. The number of ether oxygens (including phenoxy) is 1. The van der Waals surface area contributed by atoms with E-state index in [9.17, 15) is 0 Å². The van der Waals surface area contributed by atoms with Gasteiger partial charge in [0.1, 0.15) is 0 Å². The Bertz CT molecular complexity index is 206. The van der Waals surface area contributed by atoms with Crippen molar-refractivity contribution in [1.29, 1.82) is 0 Å². The first-order valence-corrected chi connectivity index (χ1v) is 9.08. The van der Waals surface area contributed by atoms with Gasteiger partial charge >= 0.3 is 0 Å². The summed E-state index contributed by atoms with van der Waals surface area (Å²) in [5, 5.41) is 3.71. The summed E-state index contributed by atoms with van der Waals surface area (Å²) >= 11 is 2.10. The first kappa shape index (κ1) is 17.3. The molecule has 1 aliphatic rings. The third-order valence-electron chi connectivity index (χ3n) is 3.93. The zero-order valence-electron chi connectivity index (χ0n) is 13.0. The summed E-state index contributed by atoms with van der Waals surface area (Å²) in [5.74, 6) is 3.21. The summed E-state index contributed by atoms with van der Waals surface area (Å²) in [7, 11) is 0. The molecule has 0 aromatic heterocycles. The third kappa shape index (κ3) is 6.98. The first-order chi connectivity index (χ1) is 9.31. The van der Waals surface area contributed by atoms with Gasteiger partial charge in [-0.2, -0.15) is 11.8 Å². The van der Waals surface area contributed by atoms with Crippen molar-refractivity contribution in [2.75, 3.05) is 50.9 Å². The van der Waals surface area contributed by atoms with Crippen molar-refractivity contribution in [2.24, 2.45) is 5.92 Å². The Morgan fingerprint density at radius 2 is 2.11 bits per heavy atom. The SMILES string of the molecule is CCCNC(CSCCN(CC)CC)C1CCOC1. The molecule has 0 radical (unpaired) electrons. The van der Waals surface area contributed by atoms with Crippen LogP contribution in [0.15, 0.2) is 0 Å². The molecule has 0 saturated carbocycles. The monoisotopic (exact) mass is 288 g/mol. The van der Waals surface area contributed by atoms with Crippen molar-refractivity contribution >= 4 is 11.8 Å². The molecule has 0 spiro atoms. The van der Waals surface area contributed by atoms with Crippen LogP contribution in [0.2, 0.25) is 0 Å². The molecule has 1 rings (SSSR count). The van der Waals surface area contributed by atoms with Crippen LogP contribution in [0.25, 0.3) is 0 Å². The number of hydrogen-bond donors (Lipinski definition) is 1. The van der Waals surface area contributed by atoms with Crippen LogP contribution in [-0.2, 0) is 4.74 Å². The molecule has 0 bridgehead atoms. The summed E-state index contributed by atoms with van der Waals surface area (Å²) < 4.78 is 5.54. The Hall–Kier alpha value is 0.230. The quantitative estimate of drug-likeness (QED) is 0.590. The fourth-order valence-electron chi connectivity index (χ4n) is 2.51. The van der Waals surface area contributed by atoms with Gasteiger partial charge in [0.25, 0.3) is 0 Å². The molecule has 0 aliphatic carbocycles. The predicted octanol–water partition coefficient (Wildman–Crippen LogP) is 2.47. The van der Waals surface area contributed by atoms with E-state index in [4.69, 9.17) is 4.74 Å². The largest absolute Gasteiger partial charge is 0.381 e. The highest BCUT2D eigenvalue weighted by Gasteiger charge is 2.24. The van der Waals surface area contributed by atoms with Gasteiger partial charge < -0.3 is 15.0 Å². The van der Waals surface area contributed by atoms with Gasteiger partial charge in [0, 0.05) is 36.6 Å². The molecule has 19 heavy (non-hydrogen) atoms. The molecule has 0 aromatic rings. The average Bonchev–Trinajstić information content (AvgIpc) is 2.96. The first-order valence-electron chi connectivity index (χ1n) is 7.93. The Morgan fingerprint density at radius 3 is 2.68 bits per heavy atom. The average molecular weight is 289 g/mol. The van der Waals surface area contributed by atoms with Gasteiger partial charge in [-0.1, -0.05) is 20.8 Å². The van der Waals surface area contributed by atoms with E-state index >= 15 is 0 Å². The van der Waals surface area contributed by atoms with Gasteiger partial charge in [-0.05, 0) is 32.5 Å². The van der Waals surface area contributed by atoms with Crippen LogP contribution in [0.4, 0.5) is 0 Å². The van der Waals surface area contributed by atoms with E-state index in [2.05, 4.69) is 42.7 Å². The molecule has 2 unspecified atom stereocenters. The van der Waals surface area contributed by atoms with E-state index in [1.54, 1.807) is 0 Å². The number of nitrogens with zero attached hydrogens (tertiary/aromatic N) is 1. The highest BCUT2D eigenvalue weighted by atomic mass is 32.2. The lowest BCUT2D eigenvalue weighted by Gasteiger charge is -2.24. The Morgan fingerprint density at radius 1 is 1.32 bits per heavy atom. The van der Waals surface area contributed by atoms with Gasteiger partial charge in [-0.25, -0.2) is 0 Å². The highest BCUT2D eigenvalue weighted by Crippen LogP contribution is 2.20. The lowest BCUT2D eigenvalue weighted by Crippen LogP contribution is -2.39. The third-order valence-corrected chi connectivity index (χ3v) is 5.00. The summed E-state index contributed by atoms with van der Waals surface area (Å²) in [6.07, 6.45) is 2.45. The van der Waals surface area contributed by atoms with Gasteiger partial charge in [0.05, 0.1) is 6.61 Å². The van der Waals surface area contributed by atoms with Crippen molar-refractivity contribution < 1.29 is 4.74 Å². The van der Waals surface area contributed by atoms with Gasteiger partial charge in [-0.15, -0.1) is 0 Å². The maximum atomic E-state index is 5.54. The topological polar surface area (TPSA) is 24.5 Å². The van der Waals surface area contributed by atoms with E-state index in [-0.39, 0.29) is 0 Å². The zero-order valence-corrected chi connectivity index (χ0v) is 13.8. The highest BCUT2D eigenvalue weighted by molar-refractivity contribution is 7.99. The number of rotatable bonds is 11. The smallest absolute Gasteiger partial charge is 0.0510 e. The molecular weight excluding hydrogens is 256 g/mol. The van der Waals surface area contributed by atoms with Gasteiger partial charge in [-0.3, -0.25) is 0 Å². The van der Waals surface area contributed by atoms with E-state index in [1.807, 2.05) is 0 Å². The predicted molar refractivity (Wildman–Crippen MR) is 86.1 cm³/mol. The van der Waals surface area contributed by atoms with E-state index in [0.29, 0.717) is 6.04 Å². The molecule has 1 saturated heterocycles. The van der Waals surface area contributed by atoms with Crippen LogP contribution in [0, 0.1) is 5.92 Å². The van der Waals surface area contributed by atoms with E-state index in [1.165, 1.54) is 44.0 Å². The van der Waals surface area contributed by atoms with E-state index in [0.717, 1.165) is 25.7 Å². The summed E-state index contributed by atoms with van der Waals surface area (Å²) in [6, 6.07) is 0.643. The number of thioether (sulfide) groups is 1. The van der Waals surface area contributed by atoms with Crippen molar-refractivity contribution in [2.45, 2.75) is 39.7 Å². The van der Waals surface area contributed by atoms with Crippen molar-refractivity contribution in [3.05, 3.63) is 0 Å². The second-order valence-electron chi connectivity index (χ2n) is 5.29. The van der Waals surface area contributed by atoms with Crippen LogP contribution < -0.4 is 5.32 Å². The van der Waals surface area contributed by atoms with E-state index < -0.39 is 0 Å². The Balaban J connectivity index is 2.20. The second kappa shape index (κ2) is 11.0. The summed E-state index contributed by atoms with van der Waals surface area (Å²) in [5.41, 5.74) is 0. The molecule has 3 nitrogen and oxygen atoms in total. The molecule has 2 atom stereocenters. The zero-order chi connectivity index (χ0) is 13.9. The Labute approximate surface area is 123 Å². The number of nitrogens with one attached hydrogen (secondary N) is 1. The molecule has 114 valence electrons. The minimum atomic E-state index is 0.643. The van der Waals surface area contributed by atoms with Crippen LogP contribution in [0.5, 0.6) is 0 Å². The van der Waals surface area contributed by atoms with Crippen LogP contribution in [0.3, 0.4) is 0 Å². The molecule has 1 aliphatic heterocycles. The maximum absolute atomic E-state index is 5.54. The van der Waals surface area contributed by atoms with Crippen molar-refractivity contribution in [1.82, 2.24) is 10.2 Å². The second-order valence-corrected chi connectivity index (χ2v) is 6.44. The minimum Gasteiger partial charge on any atom is -0.381 e. The summed E-state index contributed by atoms with van der Waals surface area (Å²) in [6.45, 7) is 13.3. The molecular formula is C15H32N2OS. The molecule has 0 aromatic carbocycles. The molecule has 1 N–H and O–H groups in total. The lowest BCUT2D eigenvalue weighted by molar-refractivity contribution is 0.179. The van der Waals surface area contributed by atoms with Gasteiger partial charge in [0.15, 0.2) is 0 Å². The lowest BCUT2D eigenvalue weighted by atomic mass is 10.0. The van der Waals surface area contributed by atoms with Crippen LogP contribution in [-0.4, -0.2) is 61.8 Å². The normalized spacial score (nSPS) is 21.2. The maximum Gasteiger partial charge on any atom is 0.0510 e. The van der Waals surface area contributed by atoms with Gasteiger partial charge in [0.2, 0.25) is 0 Å². The van der Waals surface area contributed by atoms with Crippen LogP contribution in [0.1, 0.15) is 33.6 Å². The standard InChI is InChI=1S/C15H32N2OS/c1-4-8-16-15(14-7-10-18-12-14)13-19-11-9-17(5-2)6-3/h14-16H,4-13H2,1-3H3. The number of hydrogen-bond acceptors (Lipinski definition) is 4. The molecule has 1 fully saturated rings. The van der Waals surface area contributed by atoms with Crippen molar-refractivity contribution in [3.63, 3.8) is 0 Å². The fourth-order valence-corrected chi connectivity index (χ4v) is 3.70. The Kier molecular flexibility index (Phi) is 9.96. The van der Waals surface area contributed by atoms with Crippen molar-refractivity contribution in [3.8, 4) is 0 Å². The summed E-state index contributed by atoms with van der Waals surface area (Å²) in [4.78, 5) is 2.50. The van der Waals surface area contributed by atoms with Crippen LogP contribution >= 0.6 is 11.8 Å². The molecule has 4 heteroatoms. The minimum absolute atomic E-state index is 0.643. The molecule has 0 amide bonds. The fraction of sp³-hybridized carbons (Fsp3) is 1.00.